The van der Waals surface area contributed by atoms with Crippen LogP contribution < -0.4 is 107 Å². The van der Waals surface area contributed by atoms with Crippen LogP contribution in [-0.4, -0.2) is 277 Å². The molecule has 0 amide bonds. The Balaban J connectivity index is -0.0000000975. The average molecular weight is 1140 g/mol. The molecule has 0 aromatic carbocycles. The normalized spacial score (nSPS) is 12.3. The van der Waals surface area contributed by atoms with Crippen molar-refractivity contribution >= 4 is 11.8 Å². The summed E-state index contributed by atoms with van der Waals surface area (Å²) in [5.41, 5.74) is 77.9. The first-order valence-corrected chi connectivity index (χ1v) is 27.1. The molecule has 1 aliphatic rings. The van der Waals surface area contributed by atoms with Crippen LogP contribution in [0.1, 0.15) is 58.8 Å². The van der Waals surface area contributed by atoms with Crippen molar-refractivity contribution in [1.82, 2.24) is 31.1 Å². The lowest BCUT2D eigenvalue weighted by Gasteiger charge is -2.34. The van der Waals surface area contributed by atoms with Crippen molar-refractivity contribution in [2.75, 3.05) is 207 Å². The Morgan fingerprint density at radius 2 is 0.949 bits per heavy atom. The first-order chi connectivity index (χ1) is 36.7. The molecule has 482 valence electrons. The maximum atomic E-state index is 9.93. The Kier molecular flexibility index (Phi) is 89.4. The number of nitrogens with zero attached hydrogens (tertiary/aromatic N) is 2. The second kappa shape index (κ2) is 73.1. The molecule has 29 heteroatoms. The average Bonchev–Trinajstić information content (AvgIpc) is 3.44. The standard InChI is InChI=1S/C8H18N2.C7H18N2O.C5H15N3.C5H14N2O2.C5H12N2O2.C5H14N2O.2C4H12N2.C3H10N2O.C3H8N2O/c9-6-8(7-10)4-2-1-3-5-8;1-8(2)5-7(10)6-9(3)4;1-5(2-6,3-7)4-8;6-1-5(2-7,3-8)4-9;6-2-1-3-7-4-5(8)9;1-6-3-5(8)4-7-2;1-4(2-5)3-6;1-6-4-2-3-5;2*4-1-3(6)2-5/h1-7,9-10H2;7,10H,5-6H2,1-4H3;2-4,6-8H2,1H3;8-9H,1-4,6-7H2;7H,1-4,6H2,(H,8,9);5-8H,3-4H2,1-2H3;4H,2-3,5-6H2,1H3;6H,2-5H2,1H3;3,6H,1-2,4-5H2;1-2,4-5H2. The lowest BCUT2D eigenvalue weighted by molar-refractivity contribution is -0.136. The van der Waals surface area contributed by atoms with Gasteiger partial charge in [0.05, 0.1) is 51.2 Å². The van der Waals surface area contributed by atoms with Crippen molar-refractivity contribution in [3.05, 3.63) is 0 Å². The summed E-state index contributed by atoms with van der Waals surface area (Å²) in [6.45, 7) is 15.4. The number of hydrogen-bond donors (Lipinski definition) is 25. The van der Waals surface area contributed by atoms with Crippen molar-refractivity contribution in [3.63, 3.8) is 0 Å². The van der Waals surface area contributed by atoms with E-state index in [2.05, 4.69) is 21.3 Å². The highest BCUT2D eigenvalue weighted by Gasteiger charge is 2.28. The first kappa shape index (κ1) is 95.3. The van der Waals surface area contributed by atoms with Crippen LogP contribution in [0.3, 0.4) is 0 Å². The van der Waals surface area contributed by atoms with Gasteiger partial charge in [-0.05, 0) is 139 Å². The van der Waals surface area contributed by atoms with Crippen molar-refractivity contribution < 1.29 is 40.2 Å². The fraction of sp³-hybridized carbons (Fsp3) is 0.959. The fourth-order valence-electron chi connectivity index (χ4n) is 4.86. The minimum Gasteiger partial charge on any atom is -0.480 e. The molecule has 0 bridgehead atoms. The number of nitrogens with one attached hydrogen (secondary N) is 4. The largest absolute Gasteiger partial charge is 0.480 e. The summed E-state index contributed by atoms with van der Waals surface area (Å²) in [5, 5.41) is 63.5. The number of nitrogens with two attached hydrogens (primary N) is 15. The molecule has 1 rings (SSSR count). The molecular weight excluding hydrogens is 1010 g/mol. The zero-order valence-corrected chi connectivity index (χ0v) is 50.8. The smallest absolute Gasteiger partial charge is 0.317 e. The minimum atomic E-state index is -0.827. The summed E-state index contributed by atoms with van der Waals surface area (Å²) in [5.74, 6) is -0.438. The number of ketones is 1. The SMILES string of the molecule is CC(CN)(CN)CN.CC(CN)CN.CN(C)CC(O)CN(C)C.CNCC(O)CNC.CNCCCN.NCC(=O)CN.NCC(CN)(CO)CO.NCC(O)CN.NCC1(CN)CCCCC1.NCCCNCC(=O)O. The Labute approximate surface area is 473 Å². The number of likely N-dealkylation sites (N-methyl/N-ethyl adjacent to an activating group) is 4. The van der Waals surface area contributed by atoms with Gasteiger partial charge in [-0.2, -0.15) is 0 Å². The van der Waals surface area contributed by atoms with Crippen molar-refractivity contribution in [2.45, 2.75) is 77.1 Å². The number of carboxylic acids is 1. The van der Waals surface area contributed by atoms with E-state index in [1.165, 1.54) is 32.1 Å². The second-order valence-corrected chi connectivity index (χ2v) is 19.7. The molecule has 1 saturated carbocycles. The van der Waals surface area contributed by atoms with Crippen LogP contribution in [0.2, 0.25) is 0 Å². The molecule has 0 saturated heterocycles. The molecular formula is C49H133N21O8. The molecule has 0 aliphatic heterocycles. The summed E-state index contributed by atoms with van der Waals surface area (Å²) >= 11 is 0. The van der Waals surface area contributed by atoms with Crippen molar-refractivity contribution in [2.24, 2.45) is 108 Å². The number of aliphatic carboxylic acids is 1. The summed E-state index contributed by atoms with van der Waals surface area (Å²) in [6, 6.07) is 0. The first-order valence-electron chi connectivity index (χ1n) is 27.1. The maximum absolute atomic E-state index is 9.93. The molecule has 40 N–H and O–H groups in total. The van der Waals surface area contributed by atoms with Gasteiger partial charge < -0.3 is 148 Å². The third kappa shape index (κ3) is 80.6. The van der Waals surface area contributed by atoms with Crippen LogP contribution in [-0.2, 0) is 9.59 Å². The number of hydrogen-bond acceptors (Lipinski definition) is 28. The van der Waals surface area contributed by atoms with E-state index in [-0.39, 0.29) is 82.4 Å². The maximum Gasteiger partial charge on any atom is 0.317 e. The van der Waals surface area contributed by atoms with Gasteiger partial charge in [0.1, 0.15) is 0 Å². The highest BCUT2D eigenvalue weighted by Crippen LogP contribution is 2.33. The molecule has 0 aromatic rings. The fourth-order valence-corrected chi connectivity index (χ4v) is 4.86. The van der Waals surface area contributed by atoms with Crippen LogP contribution >= 0.6 is 0 Å². The third-order valence-electron chi connectivity index (χ3n) is 11.1. The van der Waals surface area contributed by atoms with Crippen LogP contribution in [0.15, 0.2) is 0 Å². The van der Waals surface area contributed by atoms with Crippen LogP contribution in [0.5, 0.6) is 0 Å². The van der Waals surface area contributed by atoms with E-state index < -0.39 is 17.5 Å². The Morgan fingerprint density at radius 1 is 0.564 bits per heavy atom. The lowest BCUT2D eigenvalue weighted by atomic mass is 9.74. The van der Waals surface area contributed by atoms with Gasteiger partial charge in [0.25, 0.3) is 0 Å². The summed E-state index contributed by atoms with van der Waals surface area (Å²) in [6.07, 6.45) is 7.44. The number of rotatable bonds is 31. The van der Waals surface area contributed by atoms with E-state index in [1.807, 2.05) is 73.0 Å². The van der Waals surface area contributed by atoms with Crippen LogP contribution in [0.4, 0.5) is 0 Å². The molecule has 0 unspecified atom stereocenters. The van der Waals surface area contributed by atoms with Gasteiger partial charge in [0.15, 0.2) is 5.78 Å². The zero-order valence-electron chi connectivity index (χ0n) is 50.8. The highest BCUT2D eigenvalue weighted by molar-refractivity contribution is 5.81. The summed E-state index contributed by atoms with van der Waals surface area (Å²) < 4.78 is 0. The van der Waals surface area contributed by atoms with Crippen LogP contribution in [0.25, 0.3) is 0 Å². The molecule has 0 aromatic heterocycles. The predicted molar refractivity (Wildman–Crippen MR) is 327 cm³/mol. The Morgan fingerprint density at radius 3 is 1.10 bits per heavy atom. The highest BCUT2D eigenvalue weighted by atomic mass is 16.4. The molecule has 1 fully saturated rings. The minimum absolute atomic E-state index is 0.0278. The molecule has 1 aliphatic carbocycles. The van der Waals surface area contributed by atoms with E-state index in [0.717, 1.165) is 52.1 Å². The number of carbonyl (C=O) groups excluding carboxylic acids is 1. The van der Waals surface area contributed by atoms with Crippen molar-refractivity contribution in [1.29, 1.82) is 0 Å². The topological polar surface area (TPSA) is 600 Å². The number of Topliss-reactive ketones (excluding diaryl/α,β-unsaturated/α-hetero) is 1. The Hall–Kier alpha value is -1.90. The summed E-state index contributed by atoms with van der Waals surface area (Å²) in [7, 11) is 13.4. The third-order valence-corrected chi connectivity index (χ3v) is 11.1. The van der Waals surface area contributed by atoms with E-state index in [1.54, 1.807) is 0 Å². The summed E-state index contributed by atoms with van der Waals surface area (Å²) in [4.78, 5) is 23.8. The molecule has 0 radical (unpaired) electrons. The number of aliphatic hydroxyl groups is 5. The number of carbonyl (C=O) groups is 2. The zero-order chi connectivity index (χ0) is 62.9. The molecule has 0 atom stereocenters. The second-order valence-electron chi connectivity index (χ2n) is 19.7. The van der Waals surface area contributed by atoms with E-state index in [4.69, 9.17) is 112 Å². The van der Waals surface area contributed by atoms with Gasteiger partial charge in [-0.1, -0.05) is 33.1 Å². The van der Waals surface area contributed by atoms with Gasteiger partial charge in [0.2, 0.25) is 0 Å². The van der Waals surface area contributed by atoms with Gasteiger partial charge in [-0.3, -0.25) is 9.59 Å². The van der Waals surface area contributed by atoms with Gasteiger partial charge in [-0.15, -0.1) is 0 Å². The predicted octanol–water partition coefficient (Wildman–Crippen LogP) is -9.30. The molecule has 78 heavy (non-hydrogen) atoms. The molecule has 0 spiro atoms. The molecule has 29 nitrogen and oxygen atoms in total. The monoisotopic (exact) mass is 1140 g/mol. The van der Waals surface area contributed by atoms with Crippen LogP contribution in [0, 0.1) is 22.2 Å². The van der Waals surface area contributed by atoms with Crippen molar-refractivity contribution in [3.8, 4) is 0 Å². The van der Waals surface area contributed by atoms with Gasteiger partial charge >= 0.3 is 5.97 Å². The number of carboxylic acid groups (broad SMARTS) is 1. The van der Waals surface area contributed by atoms with E-state index in [9.17, 15) is 14.7 Å². The number of aliphatic hydroxyl groups excluding tert-OH is 5. The Bertz CT molecular complexity index is 1050. The van der Waals surface area contributed by atoms with Gasteiger partial charge in [-0.25, -0.2) is 0 Å². The quantitative estimate of drug-likeness (QED) is 0.0287. The lowest BCUT2D eigenvalue weighted by Crippen LogP contribution is -2.44. The van der Waals surface area contributed by atoms with Gasteiger partial charge in [0, 0.05) is 82.8 Å². The van der Waals surface area contributed by atoms with E-state index in [0.29, 0.717) is 70.2 Å². The van der Waals surface area contributed by atoms with E-state index >= 15 is 0 Å². The molecule has 0 heterocycles.